The largest absolute Gasteiger partial charge is 0.489 e. The third-order valence-corrected chi connectivity index (χ3v) is 2.55. The van der Waals surface area contributed by atoms with E-state index in [1.54, 1.807) is 12.4 Å². The first kappa shape index (κ1) is 8.97. The Balaban J connectivity index is 1.94. The molecular formula is C9H11BrN2O. The van der Waals surface area contributed by atoms with Crippen LogP contribution in [0.3, 0.4) is 0 Å². The van der Waals surface area contributed by atoms with Gasteiger partial charge in [0.05, 0.1) is 6.20 Å². The zero-order valence-corrected chi connectivity index (χ0v) is 8.70. The van der Waals surface area contributed by atoms with Crippen molar-refractivity contribution in [2.75, 3.05) is 0 Å². The van der Waals surface area contributed by atoms with Crippen molar-refractivity contribution in [2.24, 2.45) is 5.73 Å². The van der Waals surface area contributed by atoms with Gasteiger partial charge in [0.15, 0.2) is 0 Å². The molecule has 70 valence electrons. The highest BCUT2D eigenvalue weighted by Crippen LogP contribution is 2.25. The summed E-state index contributed by atoms with van der Waals surface area (Å²) in [6.07, 6.45) is 5.64. The fraction of sp³-hybridized carbons (Fsp3) is 0.444. The van der Waals surface area contributed by atoms with Crippen molar-refractivity contribution in [1.82, 2.24) is 4.98 Å². The molecule has 0 amide bonds. The molecule has 1 aromatic heterocycles. The van der Waals surface area contributed by atoms with E-state index in [2.05, 4.69) is 20.9 Å². The number of rotatable bonds is 2. The molecular weight excluding hydrogens is 232 g/mol. The molecule has 1 heterocycles. The molecule has 3 nitrogen and oxygen atoms in total. The van der Waals surface area contributed by atoms with Crippen LogP contribution in [0.1, 0.15) is 12.8 Å². The molecule has 1 aromatic rings. The summed E-state index contributed by atoms with van der Waals surface area (Å²) in [6.45, 7) is 0. The maximum Gasteiger partial charge on any atom is 0.139 e. The Kier molecular flexibility index (Phi) is 2.51. The Morgan fingerprint density at radius 3 is 2.85 bits per heavy atom. The average molecular weight is 243 g/mol. The maximum absolute atomic E-state index is 5.65. The standard InChI is InChI=1S/C9H11BrN2O/c10-6-1-9(5-12-4-6)13-8-2-7(11)3-8/h1,4-5,7-8H,2-3,11H2. The van der Waals surface area contributed by atoms with Crippen LogP contribution in [0.5, 0.6) is 5.75 Å². The van der Waals surface area contributed by atoms with Crippen LogP contribution in [-0.2, 0) is 0 Å². The van der Waals surface area contributed by atoms with Crippen molar-refractivity contribution in [1.29, 1.82) is 0 Å². The normalized spacial score (nSPS) is 26.6. The SMILES string of the molecule is NC1CC(Oc2cncc(Br)c2)C1. The van der Waals surface area contributed by atoms with Crippen molar-refractivity contribution < 1.29 is 4.74 Å². The number of nitrogens with zero attached hydrogens (tertiary/aromatic N) is 1. The monoisotopic (exact) mass is 242 g/mol. The molecule has 1 aliphatic carbocycles. The first-order valence-corrected chi connectivity index (χ1v) is 5.06. The van der Waals surface area contributed by atoms with Crippen LogP contribution in [0.2, 0.25) is 0 Å². The van der Waals surface area contributed by atoms with Crippen LogP contribution in [0.15, 0.2) is 22.9 Å². The van der Waals surface area contributed by atoms with E-state index in [0.717, 1.165) is 23.1 Å². The molecule has 0 spiro atoms. The van der Waals surface area contributed by atoms with Gasteiger partial charge in [0.25, 0.3) is 0 Å². The molecule has 0 saturated heterocycles. The summed E-state index contributed by atoms with van der Waals surface area (Å²) in [4.78, 5) is 4.01. The fourth-order valence-electron chi connectivity index (χ4n) is 1.35. The third-order valence-electron chi connectivity index (χ3n) is 2.11. The molecule has 4 heteroatoms. The molecule has 0 aliphatic heterocycles. The summed E-state index contributed by atoms with van der Waals surface area (Å²) in [5.74, 6) is 0.811. The summed E-state index contributed by atoms with van der Waals surface area (Å²) in [5, 5.41) is 0. The predicted octanol–water partition coefficient (Wildman–Crippen LogP) is 1.71. The van der Waals surface area contributed by atoms with E-state index in [-0.39, 0.29) is 6.10 Å². The lowest BCUT2D eigenvalue weighted by atomic mass is 9.90. The Morgan fingerprint density at radius 1 is 1.46 bits per heavy atom. The number of hydrogen-bond donors (Lipinski definition) is 1. The Hall–Kier alpha value is -0.610. The number of ether oxygens (including phenoxy) is 1. The molecule has 0 aromatic carbocycles. The van der Waals surface area contributed by atoms with E-state index in [1.165, 1.54) is 0 Å². The molecule has 0 bridgehead atoms. The van der Waals surface area contributed by atoms with Gasteiger partial charge in [-0.1, -0.05) is 0 Å². The van der Waals surface area contributed by atoms with E-state index < -0.39 is 0 Å². The van der Waals surface area contributed by atoms with Gasteiger partial charge in [-0.05, 0) is 34.8 Å². The van der Waals surface area contributed by atoms with Crippen LogP contribution >= 0.6 is 15.9 Å². The van der Waals surface area contributed by atoms with Crippen LogP contribution in [-0.4, -0.2) is 17.1 Å². The minimum Gasteiger partial charge on any atom is -0.489 e. The lowest BCUT2D eigenvalue weighted by Crippen LogP contribution is -2.43. The number of halogens is 1. The molecule has 2 rings (SSSR count). The van der Waals surface area contributed by atoms with Crippen LogP contribution in [0.25, 0.3) is 0 Å². The van der Waals surface area contributed by atoms with Crippen molar-refractivity contribution in [3.8, 4) is 5.75 Å². The molecule has 13 heavy (non-hydrogen) atoms. The van der Waals surface area contributed by atoms with Crippen LogP contribution < -0.4 is 10.5 Å². The molecule has 1 aliphatic rings. The van der Waals surface area contributed by atoms with Crippen molar-refractivity contribution >= 4 is 15.9 Å². The lowest BCUT2D eigenvalue weighted by Gasteiger charge is -2.32. The Labute approximate surface area is 85.4 Å². The molecule has 0 radical (unpaired) electrons. The molecule has 0 unspecified atom stereocenters. The van der Waals surface area contributed by atoms with Crippen molar-refractivity contribution in [3.63, 3.8) is 0 Å². The highest BCUT2D eigenvalue weighted by Gasteiger charge is 2.27. The van der Waals surface area contributed by atoms with Gasteiger partial charge < -0.3 is 10.5 Å². The van der Waals surface area contributed by atoms with Gasteiger partial charge in [-0.15, -0.1) is 0 Å². The van der Waals surface area contributed by atoms with E-state index in [1.807, 2.05) is 6.07 Å². The molecule has 1 saturated carbocycles. The van der Waals surface area contributed by atoms with Crippen molar-refractivity contribution in [3.05, 3.63) is 22.9 Å². The quantitative estimate of drug-likeness (QED) is 0.860. The van der Waals surface area contributed by atoms with Crippen LogP contribution in [0, 0.1) is 0 Å². The third kappa shape index (κ3) is 2.19. The smallest absolute Gasteiger partial charge is 0.139 e. The van der Waals surface area contributed by atoms with Gasteiger partial charge >= 0.3 is 0 Å². The van der Waals surface area contributed by atoms with Gasteiger partial charge in [0.2, 0.25) is 0 Å². The second kappa shape index (κ2) is 3.64. The second-order valence-corrected chi connectivity index (χ2v) is 4.23. The average Bonchev–Trinajstić information content (AvgIpc) is 2.01. The number of aromatic nitrogens is 1. The number of nitrogens with two attached hydrogens (primary N) is 1. The zero-order chi connectivity index (χ0) is 9.26. The maximum atomic E-state index is 5.65. The van der Waals surface area contributed by atoms with Crippen molar-refractivity contribution in [2.45, 2.75) is 25.0 Å². The van der Waals surface area contributed by atoms with E-state index in [4.69, 9.17) is 10.5 Å². The van der Waals surface area contributed by atoms with Gasteiger partial charge in [-0.2, -0.15) is 0 Å². The summed E-state index contributed by atoms with van der Waals surface area (Å²) in [7, 11) is 0. The van der Waals surface area contributed by atoms with Gasteiger partial charge in [-0.3, -0.25) is 4.98 Å². The van der Waals surface area contributed by atoms with E-state index >= 15 is 0 Å². The zero-order valence-electron chi connectivity index (χ0n) is 7.11. The summed E-state index contributed by atoms with van der Waals surface area (Å²) >= 11 is 3.34. The second-order valence-electron chi connectivity index (χ2n) is 3.31. The number of hydrogen-bond acceptors (Lipinski definition) is 3. The van der Waals surface area contributed by atoms with Gasteiger partial charge in [0, 0.05) is 16.7 Å². The molecule has 0 atom stereocenters. The molecule has 1 fully saturated rings. The first-order valence-electron chi connectivity index (χ1n) is 4.27. The Bertz CT molecular complexity index is 299. The highest BCUT2D eigenvalue weighted by molar-refractivity contribution is 9.10. The summed E-state index contributed by atoms with van der Waals surface area (Å²) < 4.78 is 6.57. The van der Waals surface area contributed by atoms with E-state index in [9.17, 15) is 0 Å². The lowest BCUT2D eigenvalue weighted by molar-refractivity contribution is 0.100. The Morgan fingerprint density at radius 2 is 2.23 bits per heavy atom. The van der Waals surface area contributed by atoms with Gasteiger partial charge in [0.1, 0.15) is 11.9 Å². The highest BCUT2D eigenvalue weighted by atomic mass is 79.9. The first-order chi connectivity index (χ1) is 6.24. The van der Waals surface area contributed by atoms with Crippen LogP contribution in [0.4, 0.5) is 0 Å². The minimum absolute atomic E-state index is 0.283. The summed E-state index contributed by atoms with van der Waals surface area (Å²) in [5.41, 5.74) is 5.65. The topological polar surface area (TPSA) is 48.1 Å². The van der Waals surface area contributed by atoms with E-state index in [0.29, 0.717) is 6.04 Å². The summed E-state index contributed by atoms with van der Waals surface area (Å²) in [6, 6.07) is 2.24. The molecule has 2 N–H and O–H groups in total. The fourth-order valence-corrected chi connectivity index (χ4v) is 1.70. The predicted molar refractivity (Wildman–Crippen MR) is 53.6 cm³/mol. The van der Waals surface area contributed by atoms with Gasteiger partial charge in [-0.25, -0.2) is 0 Å². The minimum atomic E-state index is 0.283. The number of pyridine rings is 1.